The van der Waals surface area contributed by atoms with Gasteiger partial charge in [-0.1, -0.05) is 121 Å². The number of rotatable bonds is 22. The zero-order chi connectivity index (χ0) is 47.3. The maximum atomic E-state index is 13.5. The summed E-state index contributed by atoms with van der Waals surface area (Å²) in [5.74, 6) is -4.05. The molecule has 1 fully saturated rings. The van der Waals surface area contributed by atoms with E-state index in [1.54, 1.807) is 12.2 Å². The van der Waals surface area contributed by atoms with Crippen molar-refractivity contribution in [2.75, 3.05) is 13.2 Å². The molecular formula is C47H83O16P. The van der Waals surface area contributed by atoms with Crippen LogP contribution in [0.25, 0.3) is 0 Å². The summed E-state index contributed by atoms with van der Waals surface area (Å²) in [7, 11) is -5.44. The molecule has 1 unspecified atom stereocenters. The molecule has 372 valence electrons. The molecule has 1 heterocycles. The first-order valence-corrected chi connectivity index (χ1v) is 25.5. The second kappa shape index (κ2) is 33.4. The molecule has 1 saturated carbocycles. The van der Waals surface area contributed by atoms with Gasteiger partial charge in [0.05, 0.1) is 37.1 Å². The summed E-state index contributed by atoms with van der Waals surface area (Å²) in [6.07, 6.45) is 8.06. The predicted octanol–water partition coefficient (Wildman–Crippen LogP) is 5.77. The molecule has 64 heavy (non-hydrogen) atoms. The van der Waals surface area contributed by atoms with Crippen LogP contribution in [0.3, 0.4) is 0 Å². The minimum absolute atomic E-state index is 0.0215. The van der Waals surface area contributed by atoms with E-state index in [4.69, 9.17) is 18.5 Å². The van der Waals surface area contributed by atoms with Crippen LogP contribution in [0.15, 0.2) is 36.5 Å². The molecule has 0 aromatic heterocycles. The third kappa shape index (κ3) is 23.6. The van der Waals surface area contributed by atoms with E-state index in [-0.39, 0.29) is 19.3 Å². The van der Waals surface area contributed by atoms with Crippen molar-refractivity contribution in [3.8, 4) is 0 Å². The van der Waals surface area contributed by atoms with Gasteiger partial charge in [0.1, 0.15) is 31.0 Å². The summed E-state index contributed by atoms with van der Waals surface area (Å²) >= 11 is 0. The van der Waals surface area contributed by atoms with Crippen LogP contribution in [0.4, 0.5) is 0 Å². The molecule has 0 amide bonds. The smallest absolute Gasteiger partial charge is 0.462 e. The fraction of sp³-hybridized carbons (Fsp3) is 0.830. The molecule has 0 radical (unpaired) electrons. The molecule has 2 rings (SSSR count). The maximum Gasteiger partial charge on any atom is 0.472 e. The number of allylic oxidation sites excluding steroid dienone is 4. The van der Waals surface area contributed by atoms with Crippen LogP contribution in [0.5, 0.6) is 0 Å². The minimum atomic E-state index is -5.44. The van der Waals surface area contributed by atoms with Crippen LogP contribution in [0.2, 0.25) is 0 Å². The van der Waals surface area contributed by atoms with E-state index in [2.05, 4.69) is 19.1 Å². The van der Waals surface area contributed by atoms with Gasteiger partial charge >= 0.3 is 19.8 Å². The first kappa shape index (κ1) is 58.1. The molecule has 1 aliphatic heterocycles. The van der Waals surface area contributed by atoms with Crippen LogP contribution in [-0.4, -0.2) is 132 Å². The number of hydrogen-bond donors (Lipinski definition) is 9. The van der Waals surface area contributed by atoms with Gasteiger partial charge < -0.3 is 55.2 Å². The lowest BCUT2D eigenvalue weighted by molar-refractivity contribution is -0.167. The highest BCUT2D eigenvalue weighted by Crippen LogP contribution is 2.47. The Morgan fingerprint density at radius 1 is 0.781 bits per heavy atom. The molecule has 1 aliphatic carbocycles. The lowest BCUT2D eigenvalue weighted by atomic mass is 9.83. The summed E-state index contributed by atoms with van der Waals surface area (Å²) < 4.78 is 34.7. The highest BCUT2D eigenvalue weighted by molar-refractivity contribution is 7.47. The molecule has 2 bridgehead atoms. The number of ether oxygens (including phenoxy) is 2. The van der Waals surface area contributed by atoms with Gasteiger partial charge in [0.25, 0.3) is 0 Å². The number of aliphatic hydroxyl groups excluding tert-OH is 8. The molecule has 0 aromatic rings. The van der Waals surface area contributed by atoms with E-state index in [1.807, 2.05) is 6.92 Å². The van der Waals surface area contributed by atoms with E-state index in [9.17, 15) is 59.9 Å². The van der Waals surface area contributed by atoms with Gasteiger partial charge in [-0.05, 0) is 57.8 Å². The van der Waals surface area contributed by atoms with Gasteiger partial charge in [-0.2, -0.15) is 0 Å². The Kier molecular flexibility index (Phi) is 30.3. The Morgan fingerprint density at radius 2 is 1.39 bits per heavy atom. The van der Waals surface area contributed by atoms with Crippen LogP contribution in [0, 0.1) is 11.8 Å². The molecule has 0 spiro atoms. The summed E-state index contributed by atoms with van der Waals surface area (Å²) in [4.78, 5) is 36.5. The number of aliphatic hydroxyl groups is 8. The second-order valence-corrected chi connectivity index (χ2v) is 19.0. The number of carbonyl (C=O) groups excluding carboxylic acids is 2. The normalized spacial score (nSPS) is 33.0. The predicted molar refractivity (Wildman–Crippen MR) is 241 cm³/mol. The Hall–Kier alpha value is -2.05. The summed E-state index contributed by atoms with van der Waals surface area (Å²) in [6, 6.07) is 0. The number of hydrogen-bond acceptors (Lipinski definition) is 15. The largest absolute Gasteiger partial charge is 0.472 e. The number of phosphoric acid groups is 1. The molecule has 2 aliphatic rings. The monoisotopic (exact) mass is 935 g/mol. The fourth-order valence-corrected chi connectivity index (χ4v) is 8.96. The van der Waals surface area contributed by atoms with E-state index >= 15 is 0 Å². The van der Waals surface area contributed by atoms with Crippen molar-refractivity contribution in [3.05, 3.63) is 36.5 Å². The quantitative estimate of drug-likeness (QED) is 0.0270. The van der Waals surface area contributed by atoms with E-state index in [0.29, 0.717) is 32.1 Å². The van der Waals surface area contributed by atoms with Crippen molar-refractivity contribution in [2.24, 2.45) is 11.8 Å². The van der Waals surface area contributed by atoms with Crippen LogP contribution in [-0.2, 0) is 32.7 Å². The van der Waals surface area contributed by atoms with Crippen molar-refractivity contribution < 1.29 is 78.4 Å². The van der Waals surface area contributed by atoms with Crippen LogP contribution in [0.1, 0.15) is 162 Å². The molecular weight excluding hydrogens is 851 g/mol. The standard InChI is InChI=1S/C47H83O16P/c1-3-5-7-8-9-10-11-12-13-14-15-16-17-18-24-28-41(52)62-35-32-60-40(51)27-23-20-19-22-26-36-38(49)31-39(50)37(30-29-34(48)25-21-6-4-2)43(54)45(56)47(46(57)44(55)42(36)53)63-64(58,59)61-33-35/h12-13,19,22,29-30,34-39,42-50,53-57H,3-11,14-18,20-21,23-28,31-33H2,1-2H3,(H,58,59)/b13-12-,22-19+,30-29+/t34-,35+,36-,37-,38-,39+,42+,43+,44-,45+,46+,47+/m0/s1. The van der Waals surface area contributed by atoms with Gasteiger partial charge in [0.2, 0.25) is 0 Å². The summed E-state index contributed by atoms with van der Waals surface area (Å²) in [5, 5.41) is 90.1. The first-order chi connectivity index (χ1) is 30.6. The average molecular weight is 935 g/mol. The Morgan fingerprint density at radius 3 is 2.06 bits per heavy atom. The summed E-state index contributed by atoms with van der Waals surface area (Å²) in [6.45, 7) is 2.81. The molecule has 9 N–H and O–H groups in total. The summed E-state index contributed by atoms with van der Waals surface area (Å²) in [5.41, 5.74) is 0. The Labute approximate surface area is 381 Å². The Balaban J connectivity index is 2.20. The zero-order valence-corrected chi connectivity index (χ0v) is 39.3. The number of phosphoric ester groups is 1. The van der Waals surface area contributed by atoms with Gasteiger partial charge in [-0.3, -0.25) is 18.6 Å². The molecule has 17 heteroatoms. The molecule has 16 nitrogen and oxygen atoms in total. The third-order valence-electron chi connectivity index (χ3n) is 12.0. The van der Waals surface area contributed by atoms with E-state index in [0.717, 1.165) is 51.4 Å². The topological polar surface area (TPSA) is 270 Å². The second-order valence-electron chi connectivity index (χ2n) is 17.6. The SMILES string of the molecule is CCCCCCCC/C=C\CCCCCCCC(=O)O[C@@H]1COC(=O)CCC/C=C/C[C@@H]2[C@@H](O)[C@H](O)[C@@H](O)[C@H](OP(=O)(O)OC1)[C@H](O)[C@H](O)[C@@H](/C=C/[C@@H](O)CCCCC)[C@H](O)C[C@@H]2O. The minimum Gasteiger partial charge on any atom is -0.462 e. The maximum absolute atomic E-state index is 13.5. The lowest BCUT2D eigenvalue weighted by Gasteiger charge is -2.37. The zero-order valence-electron chi connectivity index (χ0n) is 38.4. The van der Waals surface area contributed by atoms with Crippen LogP contribution < -0.4 is 0 Å². The van der Waals surface area contributed by atoms with Crippen molar-refractivity contribution in [3.63, 3.8) is 0 Å². The van der Waals surface area contributed by atoms with Gasteiger partial charge in [0.15, 0.2) is 6.10 Å². The number of esters is 2. The highest BCUT2D eigenvalue weighted by atomic mass is 31.2. The van der Waals surface area contributed by atoms with Crippen molar-refractivity contribution >= 4 is 19.8 Å². The number of fused-ring (bicyclic) bond motifs is 4. The van der Waals surface area contributed by atoms with Crippen molar-refractivity contribution in [1.82, 2.24) is 0 Å². The molecule has 0 saturated heterocycles. The van der Waals surface area contributed by atoms with Crippen LogP contribution >= 0.6 is 7.82 Å². The van der Waals surface area contributed by atoms with Gasteiger partial charge in [0, 0.05) is 31.1 Å². The number of unbranched alkanes of at least 4 members (excludes halogenated alkanes) is 13. The molecule has 13 atom stereocenters. The lowest BCUT2D eigenvalue weighted by Crippen LogP contribution is -2.55. The fourth-order valence-electron chi connectivity index (χ4n) is 7.98. The van der Waals surface area contributed by atoms with Crippen molar-refractivity contribution in [2.45, 2.75) is 223 Å². The average Bonchev–Trinajstić information content (AvgIpc) is 3.26. The van der Waals surface area contributed by atoms with E-state index < -0.39 is 112 Å². The first-order valence-electron chi connectivity index (χ1n) is 24.0. The molecule has 0 aromatic carbocycles. The van der Waals surface area contributed by atoms with Gasteiger partial charge in [-0.25, -0.2) is 4.57 Å². The Bertz CT molecular complexity index is 1390. The van der Waals surface area contributed by atoms with E-state index in [1.165, 1.54) is 50.7 Å². The number of cyclic esters (lactones) is 1. The third-order valence-corrected chi connectivity index (χ3v) is 13.0. The highest BCUT2D eigenvalue weighted by Gasteiger charge is 2.49. The van der Waals surface area contributed by atoms with Gasteiger partial charge in [-0.15, -0.1) is 0 Å². The van der Waals surface area contributed by atoms with Crippen molar-refractivity contribution in [1.29, 1.82) is 0 Å². The number of carbonyl (C=O) groups is 2.